The van der Waals surface area contributed by atoms with E-state index in [9.17, 15) is 27.2 Å². The molecular formula is C15H11ClF4N4O3S. The fraction of sp³-hybridized carbons (Fsp3) is 0.267. The van der Waals surface area contributed by atoms with E-state index in [2.05, 4.69) is 25.7 Å². The largest absolute Gasteiger partial charge is 0.408 e. The van der Waals surface area contributed by atoms with Crippen LogP contribution in [-0.2, 0) is 4.79 Å². The number of ether oxygens (including phenoxy) is 1. The number of carbonyl (C=O) groups excluding carboxylic acids is 2. The molecule has 1 aromatic heterocycles. The molecule has 1 aromatic carbocycles. The van der Waals surface area contributed by atoms with Gasteiger partial charge in [-0.15, -0.1) is 0 Å². The molecule has 1 saturated heterocycles. The summed E-state index contributed by atoms with van der Waals surface area (Å²) in [5, 5.41) is 6.02. The third-order valence-electron chi connectivity index (χ3n) is 3.73. The Morgan fingerprint density at radius 1 is 1.39 bits per heavy atom. The van der Waals surface area contributed by atoms with Gasteiger partial charge in [0.25, 0.3) is 5.19 Å². The Bertz CT molecular complexity index is 913. The Morgan fingerprint density at radius 3 is 2.79 bits per heavy atom. The number of thiazole rings is 1. The minimum Gasteiger partial charge on any atom is -0.408 e. The second-order valence-corrected chi connectivity index (χ2v) is 6.92. The van der Waals surface area contributed by atoms with Crippen molar-refractivity contribution in [3.05, 3.63) is 45.4 Å². The van der Waals surface area contributed by atoms with Gasteiger partial charge in [0, 0.05) is 18.3 Å². The van der Waals surface area contributed by atoms with Crippen molar-refractivity contribution in [2.45, 2.75) is 18.7 Å². The predicted molar refractivity (Wildman–Crippen MR) is 90.4 cm³/mol. The van der Waals surface area contributed by atoms with Crippen LogP contribution in [-0.4, -0.2) is 36.1 Å². The minimum atomic E-state index is -3.12. The molecule has 1 aliphatic heterocycles. The first kappa shape index (κ1) is 20.1. The molecule has 13 heteroatoms. The number of urea groups is 1. The van der Waals surface area contributed by atoms with Crippen LogP contribution in [0.25, 0.3) is 0 Å². The average Bonchev–Trinajstić information content (AvgIpc) is 3.27. The van der Waals surface area contributed by atoms with Crippen molar-refractivity contribution >= 4 is 34.9 Å². The Morgan fingerprint density at radius 2 is 2.14 bits per heavy atom. The number of hydrogen-bond donors (Lipinski definition) is 3. The van der Waals surface area contributed by atoms with Crippen molar-refractivity contribution in [2.75, 3.05) is 6.54 Å². The summed E-state index contributed by atoms with van der Waals surface area (Å²) >= 11 is 6.24. The molecule has 3 amide bonds. The van der Waals surface area contributed by atoms with Gasteiger partial charge in [0.15, 0.2) is 0 Å². The Labute approximate surface area is 164 Å². The van der Waals surface area contributed by atoms with E-state index in [4.69, 9.17) is 11.6 Å². The highest BCUT2D eigenvalue weighted by Gasteiger charge is 2.31. The summed E-state index contributed by atoms with van der Waals surface area (Å²) in [7, 11) is 0. The Kier molecular flexibility index (Phi) is 5.89. The summed E-state index contributed by atoms with van der Waals surface area (Å²) in [5.41, 5.74) is -0.218. The molecule has 0 spiro atoms. The van der Waals surface area contributed by atoms with Gasteiger partial charge in [-0.05, 0) is 6.07 Å². The predicted octanol–water partition coefficient (Wildman–Crippen LogP) is 2.56. The quantitative estimate of drug-likeness (QED) is 0.477. The fourth-order valence-electron chi connectivity index (χ4n) is 2.46. The first-order valence-electron chi connectivity index (χ1n) is 7.65. The highest BCUT2D eigenvalue weighted by molar-refractivity contribution is 7.13. The van der Waals surface area contributed by atoms with Crippen LogP contribution in [0.15, 0.2) is 18.3 Å². The highest BCUT2D eigenvalue weighted by atomic mass is 35.5. The van der Waals surface area contributed by atoms with Gasteiger partial charge in [-0.25, -0.2) is 18.6 Å². The van der Waals surface area contributed by atoms with Crippen molar-refractivity contribution < 1.29 is 31.9 Å². The minimum absolute atomic E-state index is 0.00746. The van der Waals surface area contributed by atoms with Crippen LogP contribution in [0.5, 0.6) is 5.19 Å². The smallest absolute Gasteiger partial charge is 0.389 e. The van der Waals surface area contributed by atoms with Crippen molar-refractivity contribution in [1.29, 1.82) is 0 Å². The molecule has 7 nitrogen and oxygen atoms in total. The van der Waals surface area contributed by atoms with Gasteiger partial charge in [-0.3, -0.25) is 4.79 Å². The first-order valence-corrected chi connectivity index (χ1v) is 8.84. The van der Waals surface area contributed by atoms with E-state index < -0.39 is 52.5 Å². The molecule has 2 atom stereocenters. The van der Waals surface area contributed by atoms with Crippen LogP contribution in [0, 0.1) is 11.6 Å². The molecule has 3 N–H and O–H groups in total. The van der Waals surface area contributed by atoms with Crippen molar-refractivity contribution in [3.63, 3.8) is 0 Å². The summed E-state index contributed by atoms with van der Waals surface area (Å²) in [6, 6.07) is -0.788. The van der Waals surface area contributed by atoms with Gasteiger partial charge in [-0.2, -0.15) is 8.78 Å². The van der Waals surface area contributed by atoms with Crippen LogP contribution in [0.3, 0.4) is 0 Å². The molecule has 0 radical (unpaired) electrons. The normalized spacial score (nSPS) is 17.2. The third kappa shape index (κ3) is 4.28. The maximum atomic E-state index is 14.5. The number of halogens is 5. The SMILES string of the molecule is O=C1NCC(C(=O)NC(c2cnc(OC(F)F)s2)c2ccc(F)c(Cl)c2F)N1. The lowest BCUT2D eigenvalue weighted by atomic mass is 10.0. The van der Waals surface area contributed by atoms with Crippen LogP contribution in [0.2, 0.25) is 5.02 Å². The van der Waals surface area contributed by atoms with Crippen molar-refractivity contribution in [2.24, 2.45) is 0 Å². The second-order valence-electron chi connectivity index (χ2n) is 5.52. The summed E-state index contributed by atoms with van der Waals surface area (Å²) in [5.74, 6) is -2.83. The lowest BCUT2D eigenvalue weighted by Gasteiger charge is -2.20. The van der Waals surface area contributed by atoms with E-state index in [1.807, 2.05) is 0 Å². The lowest BCUT2D eigenvalue weighted by Crippen LogP contribution is -2.44. The van der Waals surface area contributed by atoms with E-state index in [1.54, 1.807) is 0 Å². The number of rotatable bonds is 6. The number of carbonyl (C=O) groups is 2. The third-order valence-corrected chi connectivity index (χ3v) is 5.03. The van der Waals surface area contributed by atoms with Gasteiger partial charge >= 0.3 is 12.6 Å². The fourth-order valence-corrected chi connectivity index (χ4v) is 3.47. The van der Waals surface area contributed by atoms with E-state index in [0.29, 0.717) is 11.3 Å². The zero-order valence-electron chi connectivity index (χ0n) is 13.6. The maximum absolute atomic E-state index is 14.5. The van der Waals surface area contributed by atoms with Crippen molar-refractivity contribution in [1.82, 2.24) is 20.9 Å². The number of amides is 3. The Balaban J connectivity index is 1.94. The van der Waals surface area contributed by atoms with Gasteiger partial charge in [-0.1, -0.05) is 29.0 Å². The van der Waals surface area contributed by atoms with E-state index in [-0.39, 0.29) is 17.0 Å². The van der Waals surface area contributed by atoms with E-state index in [0.717, 1.165) is 18.3 Å². The Hall–Kier alpha value is -2.60. The molecule has 28 heavy (non-hydrogen) atoms. The number of benzene rings is 1. The van der Waals surface area contributed by atoms with Gasteiger partial charge in [0.1, 0.15) is 22.7 Å². The topological polar surface area (TPSA) is 92.4 Å². The molecule has 0 bridgehead atoms. The van der Waals surface area contributed by atoms with E-state index in [1.165, 1.54) is 0 Å². The molecule has 3 rings (SSSR count). The molecular weight excluding hydrogens is 428 g/mol. The van der Waals surface area contributed by atoms with Crippen LogP contribution < -0.4 is 20.7 Å². The summed E-state index contributed by atoms with van der Waals surface area (Å²) in [6.45, 7) is -3.13. The number of alkyl halides is 2. The summed E-state index contributed by atoms with van der Waals surface area (Å²) in [6.07, 6.45) is 1.11. The zero-order chi connectivity index (χ0) is 20.4. The maximum Gasteiger partial charge on any atom is 0.389 e. The molecule has 1 fully saturated rings. The van der Waals surface area contributed by atoms with Crippen LogP contribution in [0.1, 0.15) is 16.5 Å². The zero-order valence-corrected chi connectivity index (χ0v) is 15.2. The molecule has 1 aliphatic rings. The monoisotopic (exact) mass is 438 g/mol. The van der Waals surface area contributed by atoms with Crippen LogP contribution >= 0.6 is 22.9 Å². The number of aromatic nitrogens is 1. The van der Waals surface area contributed by atoms with Gasteiger partial charge in [0.2, 0.25) is 5.91 Å². The molecule has 2 unspecified atom stereocenters. The number of hydrogen-bond acceptors (Lipinski definition) is 5. The molecule has 150 valence electrons. The molecule has 0 aliphatic carbocycles. The summed E-state index contributed by atoms with van der Waals surface area (Å²) < 4.78 is 57.0. The summed E-state index contributed by atoms with van der Waals surface area (Å²) in [4.78, 5) is 27.4. The van der Waals surface area contributed by atoms with Gasteiger partial charge < -0.3 is 20.7 Å². The number of nitrogens with zero attached hydrogens (tertiary/aromatic N) is 1. The number of nitrogens with one attached hydrogen (secondary N) is 3. The van der Waals surface area contributed by atoms with Crippen molar-refractivity contribution in [3.8, 4) is 5.19 Å². The van der Waals surface area contributed by atoms with Gasteiger partial charge in [0.05, 0.1) is 10.9 Å². The highest BCUT2D eigenvalue weighted by Crippen LogP contribution is 2.35. The standard InChI is InChI=1S/C15H11ClF4N4O3S/c16-9-6(17)2-1-5(10(9)18)11(8-4-22-15(28-8)27-13(19)20)24-12(25)7-3-21-14(26)23-7/h1-2,4,7,11,13H,3H2,(H,24,25)(H2,21,23,26). The van der Waals surface area contributed by atoms with E-state index >= 15 is 0 Å². The molecule has 2 heterocycles. The molecule has 2 aromatic rings. The second kappa shape index (κ2) is 8.19. The first-order chi connectivity index (χ1) is 13.3. The molecule has 0 saturated carbocycles. The van der Waals surface area contributed by atoms with Crippen LogP contribution in [0.4, 0.5) is 22.4 Å². The average molecular weight is 439 g/mol. The lowest BCUT2D eigenvalue weighted by molar-refractivity contribution is -0.122.